The van der Waals surface area contributed by atoms with E-state index in [1.54, 1.807) is 6.92 Å². The molecule has 0 aliphatic carbocycles. The third kappa shape index (κ3) is 4.12. The number of aryl methyl sites for hydroxylation is 1. The van der Waals surface area contributed by atoms with Gasteiger partial charge in [-0.15, -0.1) is 0 Å². The fourth-order valence-corrected chi connectivity index (χ4v) is 3.72. The first-order valence-electron chi connectivity index (χ1n) is 9.21. The number of nitro groups is 1. The number of aromatic nitrogens is 2. The van der Waals surface area contributed by atoms with Gasteiger partial charge in [-0.3, -0.25) is 15.1 Å². The maximum atomic E-state index is 11.4. The van der Waals surface area contributed by atoms with Crippen LogP contribution in [0.4, 0.5) is 5.69 Å². The Labute approximate surface area is 172 Å². The van der Waals surface area contributed by atoms with Crippen molar-refractivity contribution in [2.45, 2.75) is 25.7 Å². The Balaban J connectivity index is 1.68. The van der Waals surface area contributed by atoms with E-state index in [4.69, 9.17) is 21.1 Å². The molecule has 2 heterocycles. The highest BCUT2D eigenvalue weighted by atomic mass is 35.5. The van der Waals surface area contributed by atoms with Crippen LogP contribution < -0.4 is 0 Å². The predicted molar refractivity (Wildman–Crippen MR) is 111 cm³/mol. The normalized spacial score (nSPS) is 12.2. The number of nitrogens with zero attached hydrogens (tertiary/aromatic N) is 3. The van der Waals surface area contributed by atoms with Gasteiger partial charge >= 0.3 is 5.69 Å². The van der Waals surface area contributed by atoms with Gasteiger partial charge in [0.25, 0.3) is 0 Å². The molecule has 0 spiro atoms. The average molecular weight is 408 g/mol. The van der Waals surface area contributed by atoms with Gasteiger partial charge in [0.1, 0.15) is 0 Å². The van der Waals surface area contributed by atoms with Crippen molar-refractivity contribution < 1.29 is 9.45 Å². The first kappa shape index (κ1) is 19.1. The summed E-state index contributed by atoms with van der Waals surface area (Å²) in [6, 6.07) is 19.4. The third-order valence-electron chi connectivity index (χ3n) is 4.95. The highest BCUT2D eigenvalue weighted by Gasteiger charge is 2.27. The van der Waals surface area contributed by atoms with E-state index in [1.807, 2.05) is 60.7 Å². The SMILES string of the molecule is Cc1noc(CC(Cc2ccc3cc(Cl)ccc3n2)c2ccccc2)c1[N+](=O)[O-]. The first-order chi connectivity index (χ1) is 14.0. The summed E-state index contributed by atoms with van der Waals surface area (Å²) in [4.78, 5) is 15.8. The molecule has 0 saturated heterocycles. The Bertz CT molecular complexity index is 1170. The Hall–Kier alpha value is -3.25. The van der Waals surface area contributed by atoms with Gasteiger partial charge in [-0.2, -0.15) is 0 Å². The summed E-state index contributed by atoms with van der Waals surface area (Å²) >= 11 is 6.06. The molecule has 146 valence electrons. The lowest BCUT2D eigenvalue weighted by Gasteiger charge is -2.16. The van der Waals surface area contributed by atoms with Gasteiger partial charge in [-0.25, -0.2) is 0 Å². The van der Waals surface area contributed by atoms with Crippen molar-refractivity contribution in [2.75, 3.05) is 0 Å². The molecular weight excluding hydrogens is 390 g/mol. The van der Waals surface area contributed by atoms with Gasteiger partial charge in [0.15, 0.2) is 5.69 Å². The number of benzene rings is 2. The molecule has 29 heavy (non-hydrogen) atoms. The molecule has 1 atom stereocenters. The molecule has 0 aliphatic heterocycles. The third-order valence-corrected chi connectivity index (χ3v) is 5.18. The van der Waals surface area contributed by atoms with Crippen LogP contribution in [-0.4, -0.2) is 15.1 Å². The lowest BCUT2D eigenvalue weighted by molar-refractivity contribution is -0.386. The second-order valence-corrected chi connectivity index (χ2v) is 7.39. The minimum absolute atomic E-state index is 0.0421. The number of pyridine rings is 1. The second kappa shape index (κ2) is 8.01. The van der Waals surface area contributed by atoms with E-state index >= 15 is 0 Å². The van der Waals surface area contributed by atoms with E-state index in [0.29, 0.717) is 17.9 Å². The highest BCUT2D eigenvalue weighted by Crippen LogP contribution is 2.31. The molecule has 0 fully saturated rings. The molecule has 0 aliphatic rings. The summed E-state index contributed by atoms with van der Waals surface area (Å²) in [5.41, 5.74) is 3.06. The van der Waals surface area contributed by atoms with Gasteiger partial charge in [0, 0.05) is 22.5 Å². The predicted octanol–water partition coefficient (Wildman–Crippen LogP) is 5.66. The van der Waals surface area contributed by atoms with Gasteiger partial charge in [0.05, 0.1) is 10.4 Å². The van der Waals surface area contributed by atoms with E-state index < -0.39 is 4.92 Å². The number of halogens is 1. The molecule has 6 nitrogen and oxygen atoms in total. The maximum absolute atomic E-state index is 11.4. The van der Waals surface area contributed by atoms with Crippen molar-refractivity contribution in [2.24, 2.45) is 0 Å². The molecule has 4 aromatic rings. The summed E-state index contributed by atoms with van der Waals surface area (Å²) < 4.78 is 5.30. The van der Waals surface area contributed by atoms with Crippen LogP contribution in [0.25, 0.3) is 10.9 Å². The van der Waals surface area contributed by atoms with Crippen molar-refractivity contribution in [3.8, 4) is 0 Å². The van der Waals surface area contributed by atoms with Crippen LogP contribution in [0.15, 0.2) is 65.2 Å². The van der Waals surface area contributed by atoms with Gasteiger partial charge in [-0.05, 0) is 49.1 Å². The van der Waals surface area contributed by atoms with Gasteiger partial charge < -0.3 is 4.52 Å². The van der Waals surface area contributed by atoms with Crippen molar-refractivity contribution in [3.63, 3.8) is 0 Å². The Morgan fingerprint density at radius 3 is 2.66 bits per heavy atom. The zero-order valence-electron chi connectivity index (χ0n) is 15.7. The molecule has 2 aromatic heterocycles. The Kier molecular flexibility index (Phi) is 5.27. The Morgan fingerprint density at radius 2 is 1.90 bits per heavy atom. The fraction of sp³-hybridized carbons (Fsp3) is 0.182. The fourth-order valence-electron chi connectivity index (χ4n) is 3.54. The van der Waals surface area contributed by atoms with Crippen LogP contribution in [0.3, 0.4) is 0 Å². The molecule has 4 rings (SSSR count). The molecule has 0 amide bonds. The highest BCUT2D eigenvalue weighted by molar-refractivity contribution is 6.31. The van der Waals surface area contributed by atoms with Crippen LogP contribution in [0.2, 0.25) is 5.02 Å². The largest absolute Gasteiger partial charge is 0.354 e. The molecule has 7 heteroatoms. The van der Waals surface area contributed by atoms with Gasteiger partial charge in [0.2, 0.25) is 5.76 Å². The molecule has 0 N–H and O–H groups in total. The first-order valence-corrected chi connectivity index (χ1v) is 9.58. The standard InChI is InChI=1S/C22H18ClN3O3/c1-14-22(26(27)28)21(29-25-14)13-17(15-5-3-2-4-6-15)12-19-9-7-16-11-18(23)8-10-20(16)24-19/h2-11,17H,12-13H2,1H3. The lowest BCUT2D eigenvalue weighted by Crippen LogP contribution is -2.09. The monoisotopic (exact) mass is 407 g/mol. The number of hydrogen-bond donors (Lipinski definition) is 0. The van der Waals surface area contributed by atoms with Crippen LogP contribution >= 0.6 is 11.6 Å². The van der Waals surface area contributed by atoms with E-state index in [-0.39, 0.29) is 23.1 Å². The van der Waals surface area contributed by atoms with Crippen molar-refractivity contribution in [3.05, 3.63) is 98.5 Å². The summed E-state index contributed by atoms with van der Waals surface area (Å²) in [5.74, 6) is 0.244. The topological polar surface area (TPSA) is 82.1 Å². The zero-order valence-corrected chi connectivity index (χ0v) is 16.5. The zero-order chi connectivity index (χ0) is 20.4. The molecule has 2 aromatic carbocycles. The smallest absolute Gasteiger partial charge is 0.334 e. The van der Waals surface area contributed by atoms with E-state index in [1.165, 1.54) is 0 Å². The van der Waals surface area contributed by atoms with Gasteiger partial charge in [-0.1, -0.05) is 53.2 Å². The minimum atomic E-state index is -0.429. The quantitative estimate of drug-likeness (QED) is 0.304. The summed E-state index contributed by atoms with van der Waals surface area (Å²) in [7, 11) is 0. The number of fused-ring (bicyclic) bond motifs is 1. The lowest BCUT2D eigenvalue weighted by atomic mass is 9.89. The number of hydrogen-bond acceptors (Lipinski definition) is 5. The van der Waals surface area contributed by atoms with Crippen LogP contribution in [0, 0.1) is 17.0 Å². The van der Waals surface area contributed by atoms with E-state index in [0.717, 1.165) is 22.2 Å². The average Bonchev–Trinajstić information content (AvgIpc) is 3.08. The van der Waals surface area contributed by atoms with Crippen LogP contribution in [0.1, 0.15) is 28.6 Å². The van der Waals surface area contributed by atoms with Crippen molar-refractivity contribution in [1.82, 2.24) is 10.1 Å². The summed E-state index contributed by atoms with van der Waals surface area (Å²) in [5, 5.41) is 16.9. The molecule has 0 saturated carbocycles. The Morgan fingerprint density at radius 1 is 1.10 bits per heavy atom. The number of rotatable bonds is 6. The summed E-state index contributed by atoms with van der Waals surface area (Å²) in [6.45, 7) is 1.58. The molecule has 0 bridgehead atoms. The minimum Gasteiger partial charge on any atom is -0.354 e. The molecule has 1 unspecified atom stereocenters. The molecule has 0 radical (unpaired) electrons. The van der Waals surface area contributed by atoms with Crippen molar-refractivity contribution in [1.29, 1.82) is 0 Å². The second-order valence-electron chi connectivity index (χ2n) is 6.95. The maximum Gasteiger partial charge on any atom is 0.334 e. The van der Waals surface area contributed by atoms with E-state index in [2.05, 4.69) is 5.16 Å². The van der Waals surface area contributed by atoms with Crippen LogP contribution in [0.5, 0.6) is 0 Å². The van der Waals surface area contributed by atoms with Crippen molar-refractivity contribution >= 4 is 28.2 Å². The molecular formula is C22H18ClN3O3. The van der Waals surface area contributed by atoms with Crippen LogP contribution in [-0.2, 0) is 12.8 Å². The van der Waals surface area contributed by atoms with E-state index in [9.17, 15) is 10.1 Å². The summed E-state index contributed by atoms with van der Waals surface area (Å²) in [6.07, 6.45) is 0.973.